The lowest BCUT2D eigenvalue weighted by atomic mass is 10.1. The summed E-state index contributed by atoms with van der Waals surface area (Å²) in [6.45, 7) is 5.73. The molecule has 2 aliphatic heterocycles. The molecule has 2 saturated heterocycles. The first-order chi connectivity index (χ1) is 14.5. The summed E-state index contributed by atoms with van der Waals surface area (Å²) in [5.74, 6) is -0.0379. The Morgan fingerprint density at radius 3 is 2.17 bits per heavy atom. The van der Waals surface area contributed by atoms with Crippen LogP contribution in [-0.2, 0) is 21.3 Å². The summed E-state index contributed by atoms with van der Waals surface area (Å²) in [6.07, 6.45) is 0. The van der Waals surface area contributed by atoms with Crippen LogP contribution in [0.3, 0.4) is 0 Å². The first-order valence-electron chi connectivity index (χ1n) is 10.4. The molecule has 0 aliphatic carbocycles. The van der Waals surface area contributed by atoms with Crippen LogP contribution >= 0.6 is 0 Å². The van der Waals surface area contributed by atoms with Gasteiger partial charge in [0.1, 0.15) is 6.54 Å². The molecule has 7 nitrogen and oxygen atoms in total. The predicted molar refractivity (Wildman–Crippen MR) is 113 cm³/mol. The lowest BCUT2D eigenvalue weighted by Gasteiger charge is -2.32. The van der Waals surface area contributed by atoms with Gasteiger partial charge >= 0.3 is 0 Å². The highest BCUT2D eigenvalue weighted by atomic mass is 32.2. The minimum atomic E-state index is -3.54. The summed E-state index contributed by atoms with van der Waals surface area (Å²) in [6, 6.07) is 16.7. The number of benzene rings is 2. The van der Waals surface area contributed by atoms with Crippen LogP contribution in [-0.4, -0.2) is 76.0 Å². The minimum absolute atomic E-state index is 0.0379. The largest absolute Gasteiger partial charge is 0.379 e. The molecule has 2 aromatic carbocycles. The number of hydrogen-bond acceptors (Lipinski definition) is 4. The number of amides is 1. The smallest absolute Gasteiger partial charge is 0.254 e. The highest BCUT2D eigenvalue weighted by Gasteiger charge is 2.28. The number of rotatable bonds is 5. The zero-order valence-electron chi connectivity index (χ0n) is 17.0. The summed E-state index contributed by atoms with van der Waals surface area (Å²) in [4.78, 5) is 16.4. The van der Waals surface area contributed by atoms with Crippen LogP contribution < -0.4 is 4.90 Å². The molecule has 0 unspecified atom stereocenters. The molecular weight excluding hydrogens is 402 g/mol. The highest BCUT2D eigenvalue weighted by molar-refractivity contribution is 7.89. The fraction of sp³-hybridized carbons (Fsp3) is 0.409. The Morgan fingerprint density at radius 2 is 1.53 bits per heavy atom. The Labute approximate surface area is 177 Å². The van der Waals surface area contributed by atoms with Gasteiger partial charge in [-0.15, -0.1) is 0 Å². The second-order valence-corrected chi connectivity index (χ2v) is 9.68. The summed E-state index contributed by atoms with van der Waals surface area (Å²) < 4.78 is 32.1. The van der Waals surface area contributed by atoms with Gasteiger partial charge in [0.05, 0.1) is 44.3 Å². The molecule has 2 fully saturated rings. The Hall–Kier alpha value is -2.26. The van der Waals surface area contributed by atoms with Crippen molar-refractivity contribution in [1.82, 2.24) is 9.21 Å². The van der Waals surface area contributed by atoms with E-state index >= 15 is 0 Å². The molecule has 160 valence electrons. The number of piperazine rings is 1. The molecule has 30 heavy (non-hydrogen) atoms. The molecule has 2 aromatic rings. The van der Waals surface area contributed by atoms with Crippen molar-refractivity contribution >= 4 is 15.9 Å². The molecule has 0 bridgehead atoms. The first kappa shape index (κ1) is 21.0. The van der Waals surface area contributed by atoms with E-state index in [-0.39, 0.29) is 10.8 Å². The van der Waals surface area contributed by atoms with Crippen molar-refractivity contribution in [2.75, 3.05) is 52.5 Å². The maximum atomic E-state index is 12.9. The number of nitrogens with one attached hydrogen (secondary N) is 1. The number of hydrogen-bond donors (Lipinski definition) is 1. The molecule has 8 heteroatoms. The molecule has 1 N–H and O–H groups in total. The van der Waals surface area contributed by atoms with Gasteiger partial charge in [0.25, 0.3) is 5.91 Å². The number of carbonyl (C=O) groups is 1. The Morgan fingerprint density at radius 1 is 0.900 bits per heavy atom. The number of quaternary nitrogens is 1. The third kappa shape index (κ3) is 4.73. The van der Waals surface area contributed by atoms with Crippen LogP contribution in [0, 0.1) is 0 Å². The average Bonchev–Trinajstić information content (AvgIpc) is 2.80. The first-order valence-corrected chi connectivity index (χ1v) is 11.8. The van der Waals surface area contributed by atoms with Crippen molar-refractivity contribution in [3.63, 3.8) is 0 Å². The fourth-order valence-electron chi connectivity index (χ4n) is 3.98. The third-order valence-corrected chi connectivity index (χ3v) is 7.68. The predicted octanol–water partition coefficient (Wildman–Crippen LogP) is 0.248. The lowest BCUT2D eigenvalue weighted by molar-refractivity contribution is -0.917. The highest BCUT2D eigenvalue weighted by Crippen LogP contribution is 2.18. The Bertz CT molecular complexity index is 950. The Kier molecular flexibility index (Phi) is 6.48. The van der Waals surface area contributed by atoms with Gasteiger partial charge in [-0.2, -0.15) is 4.31 Å². The number of carbonyl (C=O) groups excluding carboxylic acids is 1. The topological polar surface area (TPSA) is 71.4 Å². The van der Waals surface area contributed by atoms with Crippen molar-refractivity contribution in [3.8, 4) is 0 Å². The number of sulfonamides is 1. The van der Waals surface area contributed by atoms with Gasteiger partial charge in [0.2, 0.25) is 10.0 Å². The maximum absolute atomic E-state index is 12.9. The summed E-state index contributed by atoms with van der Waals surface area (Å²) >= 11 is 0. The SMILES string of the molecule is O=C(c1ccc(S(=O)(=O)N2CCOCC2)cc1)N1CC[NH+](Cc2ccccc2)CC1. The minimum Gasteiger partial charge on any atom is -0.379 e. The normalized spacial score (nSPS) is 19.0. The summed E-state index contributed by atoms with van der Waals surface area (Å²) in [5.41, 5.74) is 1.84. The van der Waals surface area contributed by atoms with E-state index < -0.39 is 10.0 Å². The summed E-state index contributed by atoms with van der Waals surface area (Å²) in [5, 5.41) is 0. The van der Waals surface area contributed by atoms with E-state index in [9.17, 15) is 13.2 Å². The van der Waals surface area contributed by atoms with E-state index in [1.165, 1.54) is 26.9 Å². The molecule has 0 radical (unpaired) electrons. The van der Waals surface area contributed by atoms with Gasteiger partial charge in [-0.05, 0) is 24.3 Å². The quantitative estimate of drug-likeness (QED) is 0.738. The van der Waals surface area contributed by atoms with Gasteiger partial charge < -0.3 is 14.5 Å². The standard InChI is InChI=1S/C22H27N3O4S/c26-22(24-12-10-23(11-13-24)18-19-4-2-1-3-5-19)20-6-8-21(9-7-20)30(27,28)25-14-16-29-17-15-25/h1-9H,10-18H2/p+1. The molecule has 2 heterocycles. The van der Waals surface area contributed by atoms with Crippen LogP contribution in [0.15, 0.2) is 59.5 Å². The average molecular weight is 431 g/mol. The molecule has 1 amide bonds. The fourth-order valence-corrected chi connectivity index (χ4v) is 5.38. The number of morpholine rings is 1. The molecule has 0 spiro atoms. The van der Waals surface area contributed by atoms with E-state index in [1.54, 1.807) is 12.1 Å². The van der Waals surface area contributed by atoms with Gasteiger partial charge in [-0.1, -0.05) is 30.3 Å². The van der Waals surface area contributed by atoms with Crippen molar-refractivity contribution in [3.05, 3.63) is 65.7 Å². The zero-order chi connectivity index (χ0) is 21.0. The van der Waals surface area contributed by atoms with E-state index in [0.717, 1.165) is 19.6 Å². The summed E-state index contributed by atoms with van der Waals surface area (Å²) in [7, 11) is -3.54. The van der Waals surface area contributed by atoms with Gasteiger partial charge in [0.15, 0.2) is 0 Å². The van der Waals surface area contributed by atoms with E-state index in [0.29, 0.717) is 45.0 Å². The number of ether oxygens (including phenoxy) is 1. The molecule has 2 aliphatic rings. The van der Waals surface area contributed by atoms with E-state index in [1.807, 2.05) is 11.0 Å². The van der Waals surface area contributed by atoms with E-state index in [2.05, 4.69) is 24.3 Å². The van der Waals surface area contributed by atoms with Crippen LogP contribution in [0.1, 0.15) is 15.9 Å². The van der Waals surface area contributed by atoms with Gasteiger partial charge in [-0.25, -0.2) is 8.42 Å². The van der Waals surface area contributed by atoms with Crippen LogP contribution in [0.2, 0.25) is 0 Å². The van der Waals surface area contributed by atoms with Crippen molar-refractivity contribution in [2.24, 2.45) is 0 Å². The number of nitrogens with zero attached hydrogens (tertiary/aromatic N) is 2. The maximum Gasteiger partial charge on any atom is 0.254 e. The Balaban J connectivity index is 1.35. The van der Waals surface area contributed by atoms with E-state index in [4.69, 9.17) is 4.74 Å². The molecule has 4 rings (SSSR count). The molecule has 0 atom stereocenters. The molecular formula is C22H28N3O4S+. The third-order valence-electron chi connectivity index (χ3n) is 5.76. The second kappa shape index (κ2) is 9.26. The lowest BCUT2D eigenvalue weighted by Crippen LogP contribution is -3.13. The van der Waals surface area contributed by atoms with Crippen molar-refractivity contribution in [2.45, 2.75) is 11.4 Å². The molecule has 0 aromatic heterocycles. The van der Waals surface area contributed by atoms with Gasteiger partial charge in [0, 0.05) is 24.2 Å². The van der Waals surface area contributed by atoms with Crippen molar-refractivity contribution < 1.29 is 22.8 Å². The van der Waals surface area contributed by atoms with Crippen LogP contribution in [0.4, 0.5) is 0 Å². The second-order valence-electron chi connectivity index (χ2n) is 7.75. The van der Waals surface area contributed by atoms with Crippen LogP contribution in [0.5, 0.6) is 0 Å². The monoisotopic (exact) mass is 430 g/mol. The zero-order valence-corrected chi connectivity index (χ0v) is 17.8. The van der Waals surface area contributed by atoms with Gasteiger partial charge in [-0.3, -0.25) is 4.79 Å². The van der Waals surface area contributed by atoms with Crippen molar-refractivity contribution in [1.29, 1.82) is 0 Å². The molecule has 0 saturated carbocycles. The van der Waals surface area contributed by atoms with Crippen LogP contribution in [0.25, 0.3) is 0 Å².